The van der Waals surface area contributed by atoms with Crippen molar-refractivity contribution in [1.29, 1.82) is 0 Å². The van der Waals surface area contributed by atoms with Crippen LogP contribution in [-0.4, -0.2) is 13.0 Å². The highest BCUT2D eigenvalue weighted by Gasteiger charge is 2.14. The summed E-state index contributed by atoms with van der Waals surface area (Å²) in [6.07, 6.45) is 2.89. The molecule has 184 valence electrons. The summed E-state index contributed by atoms with van der Waals surface area (Å²) in [6.45, 7) is 0. The number of ether oxygens (including phenoxy) is 1. The van der Waals surface area contributed by atoms with E-state index >= 15 is 0 Å². The SMILES string of the molecule is COc1cc(NC(=O)C=Cc2ccc(-c3cccc(Cl)c3Cl)o2)ccc1-c1cc2ccccc2oc1=O. The van der Waals surface area contributed by atoms with Crippen molar-refractivity contribution < 1.29 is 18.4 Å². The molecule has 0 aliphatic carbocycles. The Bertz CT molecular complexity index is 1720. The lowest BCUT2D eigenvalue weighted by Gasteiger charge is -2.11. The molecule has 0 bridgehead atoms. The molecule has 37 heavy (non-hydrogen) atoms. The average molecular weight is 532 g/mol. The minimum Gasteiger partial charge on any atom is -0.496 e. The maximum Gasteiger partial charge on any atom is 0.344 e. The highest BCUT2D eigenvalue weighted by molar-refractivity contribution is 6.43. The highest BCUT2D eigenvalue weighted by atomic mass is 35.5. The van der Waals surface area contributed by atoms with Crippen LogP contribution in [0.2, 0.25) is 10.0 Å². The number of hydrogen-bond donors (Lipinski definition) is 1. The average Bonchev–Trinajstić information content (AvgIpc) is 3.37. The second-order valence-corrected chi connectivity index (χ2v) is 8.81. The van der Waals surface area contributed by atoms with E-state index in [1.807, 2.05) is 12.1 Å². The minimum absolute atomic E-state index is 0.363. The first-order chi connectivity index (χ1) is 17.9. The second kappa shape index (κ2) is 10.4. The van der Waals surface area contributed by atoms with Gasteiger partial charge in [-0.2, -0.15) is 0 Å². The van der Waals surface area contributed by atoms with Crippen molar-refractivity contribution in [3.05, 3.63) is 111 Å². The molecular weight excluding hydrogens is 513 g/mol. The van der Waals surface area contributed by atoms with Crippen molar-refractivity contribution in [2.75, 3.05) is 12.4 Å². The number of hydrogen-bond acceptors (Lipinski definition) is 5. The Labute approximate surface area is 221 Å². The molecule has 8 heteroatoms. The van der Waals surface area contributed by atoms with Crippen molar-refractivity contribution in [2.24, 2.45) is 0 Å². The summed E-state index contributed by atoms with van der Waals surface area (Å²) in [5.74, 6) is 1.04. The molecule has 5 rings (SSSR count). The van der Waals surface area contributed by atoms with Gasteiger partial charge >= 0.3 is 5.63 Å². The van der Waals surface area contributed by atoms with Crippen molar-refractivity contribution >= 4 is 51.8 Å². The predicted molar refractivity (Wildman–Crippen MR) is 146 cm³/mol. The van der Waals surface area contributed by atoms with Gasteiger partial charge in [0.25, 0.3) is 0 Å². The summed E-state index contributed by atoms with van der Waals surface area (Å²) in [5, 5.41) is 4.39. The summed E-state index contributed by atoms with van der Waals surface area (Å²) in [5.41, 5.74) is 2.09. The van der Waals surface area contributed by atoms with Crippen molar-refractivity contribution in [3.8, 4) is 28.2 Å². The molecular formula is C29H19Cl2NO5. The number of rotatable bonds is 6. The Balaban J connectivity index is 1.33. The molecule has 2 aromatic heterocycles. The van der Waals surface area contributed by atoms with Gasteiger partial charge in [-0.3, -0.25) is 4.79 Å². The molecule has 0 fully saturated rings. The Kier molecular flexibility index (Phi) is 6.86. The van der Waals surface area contributed by atoms with Gasteiger partial charge in [0.2, 0.25) is 5.91 Å². The van der Waals surface area contributed by atoms with Gasteiger partial charge in [0, 0.05) is 34.3 Å². The van der Waals surface area contributed by atoms with Crippen molar-refractivity contribution in [2.45, 2.75) is 0 Å². The van der Waals surface area contributed by atoms with Gasteiger partial charge in [0.1, 0.15) is 22.9 Å². The third-order valence-electron chi connectivity index (χ3n) is 5.64. The normalized spacial score (nSPS) is 11.2. The van der Waals surface area contributed by atoms with E-state index < -0.39 is 5.63 Å². The number of furan rings is 1. The number of carbonyl (C=O) groups excluding carboxylic acids is 1. The van der Waals surface area contributed by atoms with Crippen LogP contribution in [0.25, 0.3) is 39.5 Å². The van der Waals surface area contributed by atoms with Gasteiger partial charge < -0.3 is 18.9 Å². The molecule has 5 aromatic rings. The molecule has 0 spiro atoms. The van der Waals surface area contributed by atoms with Crippen LogP contribution >= 0.6 is 23.2 Å². The highest BCUT2D eigenvalue weighted by Crippen LogP contribution is 2.35. The van der Waals surface area contributed by atoms with Crippen LogP contribution in [-0.2, 0) is 4.79 Å². The number of fused-ring (bicyclic) bond motifs is 1. The summed E-state index contributed by atoms with van der Waals surface area (Å²) < 4.78 is 16.7. The number of halogens is 2. The number of methoxy groups -OCH3 is 1. The summed E-state index contributed by atoms with van der Waals surface area (Å²) >= 11 is 12.3. The summed E-state index contributed by atoms with van der Waals surface area (Å²) in [6, 6.07) is 22.8. The number of carbonyl (C=O) groups is 1. The van der Waals surface area contributed by atoms with Gasteiger partial charge in [0.05, 0.1) is 22.7 Å². The molecule has 3 aromatic carbocycles. The third kappa shape index (κ3) is 5.16. The van der Waals surface area contributed by atoms with Gasteiger partial charge in [-0.1, -0.05) is 47.5 Å². The Morgan fingerprint density at radius 2 is 1.73 bits per heavy atom. The van der Waals surface area contributed by atoms with Crippen LogP contribution < -0.4 is 15.7 Å². The molecule has 1 N–H and O–H groups in total. The first-order valence-electron chi connectivity index (χ1n) is 11.2. The van der Waals surface area contributed by atoms with Gasteiger partial charge in [0.15, 0.2) is 0 Å². The van der Waals surface area contributed by atoms with E-state index in [1.165, 1.54) is 13.2 Å². The van der Waals surface area contributed by atoms with Gasteiger partial charge in [-0.15, -0.1) is 0 Å². The first kappa shape index (κ1) is 24.4. The predicted octanol–water partition coefficient (Wildman–Crippen LogP) is 7.69. The standard InChI is InChI=1S/C29H19Cl2NO5/c1-35-26-16-18(9-12-20(26)22-15-17-5-2-3-8-24(17)37-29(22)34)32-27(33)14-11-19-10-13-25(36-19)21-6-4-7-23(30)28(21)31/h2-16H,1H3,(H,32,33). The molecule has 0 saturated heterocycles. The lowest BCUT2D eigenvalue weighted by Crippen LogP contribution is -2.08. The first-order valence-corrected chi connectivity index (χ1v) is 11.9. The number of nitrogens with one attached hydrogen (secondary N) is 1. The van der Waals surface area contributed by atoms with Crippen LogP contribution in [0, 0.1) is 0 Å². The maximum atomic E-state index is 12.6. The zero-order valence-corrected chi connectivity index (χ0v) is 21.0. The molecule has 0 atom stereocenters. The molecule has 0 aliphatic rings. The Hall–Kier alpha value is -4.26. The Morgan fingerprint density at radius 1 is 0.892 bits per heavy atom. The fourth-order valence-electron chi connectivity index (χ4n) is 3.86. The second-order valence-electron chi connectivity index (χ2n) is 8.03. The smallest absolute Gasteiger partial charge is 0.344 e. The quantitative estimate of drug-likeness (QED) is 0.179. The van der Waals surface area contributed by atoms with Crippen LogP contribution in [0.15, 0.2) is 98.6 Å². The van der Waals surface area contributed by atoms with E-state index in [2.05, 4.69) is 5.32 Å². The monoisotopic (exact) mass is 531 g/mol. The zero-order valence-electron chi connectivity index (χ0n) is 19.5. The molecule has 1 amide bonds. The summed E-state index contributed by atoms with van der Waals surface area (Å²) in [4.78, 5) is 25.1. The largest absolute Gasteiger partial charge is 0.496 e. The van der Waals surface area contributed by atoms with E-state index in [0.29, 0.717) is 55.3 Å². The number of anilines is 1. The molecule has 6 nitrogen and oxygen atoms in total. The lowest BCUT2D eigenvalue weighted by atomic mass is 10.0. The molecule has 2 heterocycles. The number of benzene rings is 3. The van der Waals surface area contributed by atoms with E-state index in [1.54, 1.807) is 72.8 Å². The third-order valence-corrected chi connectivity index (χ3v) is 6.46. The van der Waals surface area contributed by atoms with E-state index in [0.717, 1.165) is 5.39 Å². The van der Waals surface area contributed by atoms with Crippen molar-refractivity contribution in [3.63, 3.8) is 0 Å². The van der Waals surface area contributed by atoms with Crippen LogP contribution in [0.4, 0.5) is 5.69 Å². The van der Waals surface area contributed by atoms with Gasteiger partial charge in [-0.25, -0.2) is 4.79 Å². The Morgan fingerprint density at radius 3 is 2.57 bits per heavy atom. The fraction of sp³-hybridized carbons (Fsp3) is 0.0345. The minimum atomic E-state index is -0.478. The number of amides is 1. The van der Waals surface area contributed by atoms with E-state index in [9.17, 15) is 9.59 Å². The molecule has 0 unspecified atom stereocenters. The van der Waals surface area contributed by atoms with Crippen LogP contribution in [0.1, 0.15) is 5.76 Å². The topological polar surface area (TPSA) is 81.7 Å². The molecule has 0 aliphatic heterocycles. The summed E-state index contributed by atoms with van der Waals surface area (Å²) in [7, 11) is 1.49. The van der Waals surface area contributed by atoms with E-state index in [-0.39, 0.29) is 5.91 Å². The van der Waals surface area contributed by atoms with Crippen LogP contribution in [0.5, 0.6) is 5.75 Å². The molecule has 0 radical (unpaired) electrons. The van der Waals surface area contributed by atoms with Gasteiger partial charge in [-0.05, 0) is 54.6 Å². The molecule has 0 saturated carbocycles. The van der Waals surface area contributed by atoms with E-state index in [4.69, 9.17) is 36.8 Å². The van der Waals surface area contributed by atoms with Crippen molar-refractivity contribution in [1.82, 2.24) is 0 Å². The zero-order chi connectivity index (χ0) is 25.9. The maximum absolute atomic E-state index is 12.6. The number of para-hydroxylation sites is 1. The fourth-order valence-corrected chi connectivity index (χ4v) is 4.26. The lowest BCUT2D eigenvalue weighted by molar-refractivity contribution is -0.111. The van der Waals surface area contributed by atoms with Crippen LogP contribution in [0.3, 0.4) is 0 Å².